The summed E-state index contributed by atoms with van der Waals surface area (Å²) < 4.78 is 0. The van der Waals surface area contributed by atoms with Gasteiger partial charge in [-0.05, 0) is 36.9 Å². The van der Waals surface area contributed by atoms with E-state index in [2.05, 4.69) is 0 Å². The Morgan fingerprint density at radius 3 is 1.44 bits per heavy atom. The Hall–Kier alpha value is -1.30. The zero-order valence-corrected chi connectivity index (χ0v) is 15.7. The minimum absolute atomic E-state index is 0.148. The molecule has 2 unspecified atom stereocenters. The topological polar surface area (TPSA) is 181 Å². The number of carbonyl (C=O) groups is 4. The molecule has 7 N–H and O–H groups in total. The molecule has 0 aromatic carbocycles. The Kier molecular flexibility index (Phi) is 8.92. The Morgan fingerprint density at radius 1 is 0.880 bits per heavy atom. The van der Waals surface area contributed by atoms with Crippen LogP contribution in [-0.2, 0) is 19.2 Å². The van der Waals surface area contributed by atoms with E-state index < -0.39 is 40.8 Å². The van der Waals surface area contributed by atoms with E-state index in [9.17, 15) is 34.5 Å². The van der Waals surface area contributed by atoms with Gasteiger partial charge in [0.15, 0.2) is 0 Å². The lowest BCUT2D eigenvalue weighted by molar-refractivity contribution is -0.180. The van der Waals surface area contributed by atoms with Crippen LogP contribution in [0.3, 0.4) is 0 Å². The van der Waals surface area contributed by atoms with Gasteiger partial charge in [-0.1, -0.05) is 0 Å². The molecule has 0 spiro atoms. The Morgan fingerprint density at radius 2 is 1.24 bits per heavy atom. The van der Waals surface area contributed by atoms with E-state index in [1.807, 2.05) is 0 Å². The fourth-order valence-electron chi connectivity index (χ4n) is 2.89. The summed E-state index contributed by atoms with van der Waals surface area (Å²) >= 11 is 2.42. The molecule has 0 saturated heterocycles. The van der Waals surface area contributed by atoms with Gasteiger partial charge in [0, 0.05) is 6.42 Å². The van der Waals surface area contributed by atoms with Gasteiger partial charge in [0.05, 0.1) is 0 Å². The maximum absolute atomic E-state index is 12.2. The number of rotatable bonds is 13. The highest BCUT2D eigenvalue weighted by Crippen LogP contribution is 2.47. The quantitative estimate of drug-likeness (QED) is 0.258. The molecule has 0 rings (SSSR count). The molecule has 0 aromatic rings. The molecule has 11 heteroatoms. The third kappa shape index (κ3) is 4.10. The van der Waals surface area contributed by atoms with Crippen molar-refractivity contribution < 1.29 is 34.5 Å². The predicted molar refractivity (Wildman–Crippen MR) is 95.9 cm³/mol. The van der Waals surface area contributed by atoms with E-state index in [1.165, 1.54) is 23.5 Å². The maximum atomic E-state index is 12.2. The smallest absolute Gasteiger partial charge is 0.325 e. The van der Waals surface area contributed by atoms with Crippen LogP contribution in [0.2, 0.25) is 0 Å². The summed E-state index contributed by atoms with van der Waals surface area (Å²) in [5.74, 6) is -4.96. The van der Waals surface area contributed by atoms with Gasteiger partial charge in [0.1, 0.15) is 22.8 Å². The normalized spacial score (nSPS) is 18.4. The highest BCUT2D eigenvalue weighted by Gasteiger charge is 2.70. The molecule has 2 atom stereocenters. The van der Waals surface area contributed by atoms with Crippen LogP contribution in [0.5, 0.6) is 0 Å². The van der Waals surface area contributed by atoms with Crippen LogP contribution in [0, 0.1) is 5.41 Å². The first-order valence-electron chi connectivity index (χ1n) is 7.21. The summed E-state index contributed by atoms with van der Waals surface area (Å²) in [6, 6.07) is 0. The minimum atomic E-state index is -2.72. The average Bonchev–Trinajstić information content (AvgIpc) is 2.54. The number of carboxylic acid groups (broad SMARTS) is 3. The van der Waals surface area contributed by atoms with Gasteiger partial charge >= 0.3 is 17.9 Å². The van der Waals surface area contributed by atoms with Gasteiger partial charge in [0.2, 0.25) is 0 Å². The van der Waals surface area contributed by atoms with Crippen LogP contribution >= 0.6 is 23.5 Å². The first-order valence-corrected chi connectivity index (χ1v) is 10.00. The second-order valence-electron chi connectivity index (χ2n) is 5.62. The van der Waals surface area contributed by atoms with Gasteiger partial charge in [0.25, 0.3) is 0 Å². The number of nitrogens with two attached hydrogens (primary N) is 2. The van der Waals surface area contributed by atoms with Crippen LogP contribution in [0.25, 0.3) is 0 Å². The lowest BCUT2D eigenvalue weighted by atomic mass is 9.55. The standard InChI is InChI=1S/C14H24N2O7S2/c1-24-7-4-13(15,10(20)21)12(3-6-17,9(18)19)14(16,11(22)23)5-8-25-2/h6H,3-5,7-8,15-16H2,1-2H3,(H,18,19)(H,20,21)(H,22,23). The molecule has 0 bridgehead atoms. The van der Waals surface area contributed by atoms with E-state index in [4.69, 9.17) is 11.5 Å². The molecule has 0 fully saturated rings. The molecule has 0 aromatic heterocycles. The van der Waals surface area contributed by atoms with E-state index in [1.54, 1.807) is 12.5 Å². The van der Waals surface area contributed by atoms with Gasteiger partial charge in [-0.25, -0.2) is 0 Å². The van der Waals surface area contributed by atoms with Crippen LogP contribution < -0.4 is 11.5 Å². The molecular formula is C14H24N2O7S2. The summed E-state index contributed by atoms with van der Waals surface area (Å²) in [6.07, 6.45) is 1.80. The zero-order valence-electron chi connectivity index (χ0n) is 14.1. The van der Waals surface area contributed by atoms with Crippen molar-refractivity contribution in [3.8, 4) is 0 Å². The average molecular weight is 396 g/mol. The van der Waals surface area contributed by atoms with Crippen molar-refractivity contribution in [2.75, 3.05) is 24.0 Å². The maximum Gasteiger partial charge on any atom is 0.325 e. The first kappa shape index (κ1) is 23.7. The van der Waals surface area contributed by atoms with Gasteiger partial charge < -0.3 is 31.6 Å². The second kappa shape index (κ2) is 9.41. The number of aliphatic carboxylic acids is 3. The summed E-state index contributed by atoms with van der Waals surface area (Å²) in [7, 11) is 0. The Balaban J connectivity index is 6.79. The van der Waals surface area contributed by atoms with E-state index >= 15 is 0 Å². The number of hydrogen-bond donors (Lipinski definition) is 5. The summed E-state index contributed by atoms with van der Waals surface area (Å²) in [4.78, 5) is 47.3. The van der Waals surface area contributed by atoms with Crippen LogP contribution in [0.4, 0.5) is 0 Å². The van der Waals surface area contributed by atoms with Gasteiger partial charge in [-0.3, -0.25) is 14.4 Å². The molecule has 0 aliphatic carbocycles. The number of aldehydes is 1. The van der Waals surface area contributed by atoms with Crippen molar-refractivity contribution in [2.45, 2.75) is 30.3 Å². The molecule has 9 nitrogen and oxygen atoms in total. The van der Waals surface area contributed by atoms with Crippen LogP contribution in [-0.4, -0.2) is 74.6 Å². The number of carboxylic acids is 3. The van der Waals surface area contributed by atoms with Crippen molar-refractivity contribution in [1.29, 1.82) is 0 Å². The van der Waals surface area contributed by atoms with E-state index in [0.717, 1.165) is 0 Å². The highest BCUT2D eigenvalue weighted by atomic mass is 32.2. The number of carbonyl (C=O) groups excluding carboxylic acids is 1. The summed E-state index contributed by atoms with van der Waals surface area (Å²) in [5.41, 5.74) is 4.16. The second-order valence-corrected chi connectivity index (χ2v) is 7.59. The van der Waals surface area contributed by atoms with Gasteiger partial charge in [-0.2, -0.15) is 23.5 Å². The van der Waals surface area contributed by atoms with Crippen molar-refractivity contribution in [3.63, 3.8) is 0 Å². The van der Waals surface area contributed by atoms with E-state index in [0.29, 0.717) is 0 Å². The lowest BCUT2D eigenvalue weighted by Crippen LogP contribution is -2.78. The number of hydrogen-bond acceptors (Lipinski definition) is 8. The zero-order chi connectivity index (χ0) is 19.9. The third-order valence-electron chi connectivity index (χ3n) is 4.44. The highest BCUT2D eigenvalue weighted by molar-refractivity contribution is 7.98. The molecule has 0 amide bonds. The Labute approximate surface area is 153 Å². The summed E-state index contributed by atoms with van der Waals surface area (Å²) in [6.45, 7) is 0. The largest absolute Gasteiger partial charge is 0.481 e. The molecule has 0 saturated carbocycles. The molecule has 0 heterocycles. The van der Waals surface area contributed by atoms with Gasteiger partial charge in [-0.15, -0.1) is 0 Å². The minimum Gasteiger partial charge on any atom is -0.481 e. The molecule has 0 aliphatic heterocycles. The van der Waals surface area contributed by atoms with Crippen molar-refractivity contribution in [3.05, 3.63) is 0 Å². The van der Waals surface area contributed by atoms with Crippen LogP contribution in [0.15, 0.2) is 0 Å². The molecule has 0 radical (unpaired) electrons. The SMILES string of the molecule is CSCCC(N)(C(=O)O)C(CC=O)(C(=O)O)C(N)(CCSC)C(=O)O. The fourth-order valence-corrected chi connectivity index (χ4v) is 3.94. The van der Waals surface area contributed by atoms with Crippen molar-refractivity contribution in [1.82, 2.24) is 0 Å². The lowest BCUT2D eigenvalue weighted by Gasteiger charge is -2.50. The molecule has 25 heavy (non-hydrogen) atoms. The van der Waals surface area contributed by atoms with E-state index in [-0.39, 0.29) is 30.6 Å². The molecule has 144 valence electrons. The molecule has 0 aliphatic rings. The Bertz CT molecular complexity index is 499. The summed E-state index contributed by atoms with van der Waals surface area (Å²) in [5, 5.41) is 29.2. The van der Waals surface area contributed by atoms with Crippen molar-refractivity contribution >= 4 is 47.7 Å². The van der Waals surface area contributed by atoms with Crippen LogP contribution in [0.1, 0.15) is 19.3 Å². The fraction of sp³-hybridized carbons (Fsp3) is 0.714. The first-order chi connectivity index (χ1) is 11.5. The predicted octanol–water partition coefficient (Wildman–Crippen LogP) is -0.283. The van der Waals surface area contributed by atoms with Crippen molar-refractivity contribution in [2.24, 2.45) is 16.9 Å². The number of thioether (sulfide) groups is 2. The third-order valence-corrected chi connectivity index (χ3v) is 5.67. The monoisotopic (exact) mass is 396 g/mol. The molecular weight excluding hydrogens is 372 g/mol.